The second-order valence-corrected chi connectivity index (χ2v) is 18.3. The summed E-state index contributed by atoms with van der Waals surface area (Å²) < 4.78 is 61.4. The van der Waals surface area contributed by atoms with Gasteiger partial charge in [-0.1, -0.05) is 5.92 Å². The molecule has 4 amide bonds. The number of nitrogens with two attached hydrogens (primary N) is 2. The van der Waals surface area contributed by atoms with Crippen LogP contribution in [0.4, 0.5) is 9.59 Å². The van der Waals surface area contributed by atoms with E-state index < -0.39 is 133 Å². The van der Waals surface area contributed by atoms with Gasteiger partial charge in [-0.2, -0.15) is 0 Å². The van der Waals surface area contributed by atoms with Crippen molar-refractivity contribution < 1.29 is 112 Å². The number of nitrogens with zero attached hydrogens (tertiary/aromatic N) is 3. The predicted octanol–water partition coefficient (Wildman–Crippen LogP) is -5.93. The average molecular weight is 1190 g/mol. The molecule has 472 valence electrons. The van der Waals surface area contributed by atoms with Crippen molar-refractivity contribution in [2.45, 2.75) is 74.6 Å². The number of hydrogen-bond donors (Lipinski definition) is 14. The number of nitrogens with one attached hydrogen (secondary N) is 6. The van der Waals surface area contributed by atoms with Crippen LogP contribution in [0.3, 0.4) is 0 Å². The lowest BCUT2D eigenvalue weighted by Gasteiger charge is -2.41. The molecule has 0 bridgehead atoms. The van der Waals surface area contributed by atoms with Crippen molar-refractivity contribution in [1.82, 2.24) is 36.0 Å². The monoisotopic (exact) mass is 1190 g/mol. The Morgan fingerprint density at radius 1 is 0.578 bits per heavy atom. The first-order valence-corrected chi connectivity index (χ1v) is 26.1. The Bertz CT molecular complexity index is 2140. The van der Waals surface area contributed by atoms with Gasteiger partial charge in [0.25, 0.3) is 0 Å². The Hall–Kier alpha value is -6.88. The van der Waals surface area contributed by atoms with Gasteiger partial charge in [0.05, 0.1) is 123 Å². The Kier molecular flexibility index (Phi) is 35.1. The number of amides is 4. The maximum atomic E-state index is 13.4. The molecule has 0 aromatic rings. The molecule has 16 N–H and O–H groups in total. The number of carboxylic acid groups (broad SMARTS) is 2. The van der Waals surface area contributed by atoms with Crippen molar-refractivity contribution in [1.29, 1.82) is 10.8 Å². The van der Waals surface area contributed by atoms with Gasteiger partial charge in [-0.25, -0.2) is 19.2 Å². The minimum atomic E-state index is -1.82. The number of carbonyl (C=O) groups is 6. The fraction of sp³-hybridized carbons (Fsp3) is 0.714. The van der Waals surface area contributed by atoms with E-state index in [9.17, 15) is 59.4 Å². The molecule has 0 saturated carbocycles. The number of likely N-dealkylation sites (N-methyl/N-ethyl adjacent to an activating group) is 2. The van der Waals surface area contributed by atoms with Crippen LogP contribution in [0.25, 0.3) is 0 Å². The summed E-state index contributed by atoms with van der Waals surface area (Å²) in [6.45, 7) is 4.77. The van der Waals surface area contributed by atoms with Crippen LogP contribution in [-0.4, -0.2) is 307 Å². The summed E-state index contributed by atoms with van der Waals surface area (Å²) in [7, 11) is 2.72. The van der Waals surface area contributed by atoms with Crippen LogP contribution in [0.2, 0.25) is 0 Å². The highest BCUT2D eigenvalue weighted by Gasteiger charge is 2.48. The van der Waals surface area contributed by atoms with Crippen molar-refractivity contribution in [3.8, 4) is 12.3 Å². The van der Waals surface area contributed by atoms with E-state index in [0.717, 1.165) is 35.8 Å². The van der Waals surface area contributed by atoms with Gasteiger partial charge < -0.3 is 125 Å². The van der Waals surface area contributed by atoms with Gasteiger partial charge in [-0.3, -0.25) is 25.3 Å². The van der Waals surface area contributed by atoms with Gasteiger partial charge in [0.2, 0.25) is 23.3 Å². The molecule has 34 nitrogen and oxygen atoms in total. The SMILES string of the molecule is C#CCOCCOCCOCCOCCN(CCOCCOCCN(C)C(=O)O[C@@H]([C@@H]1OC(C(=O)O)=C[C@H](NC(=N)N)[C@H]1NC(C)=O)[C@H](O)CO)CCOCCN(C)C(=O)O[C@@H]([C@@H]1OC(C(=O)O)=C[C@H](NC(=N)N)[C@H]1NC(C)=O)[C@H](O)CO. The molecule has 0 aromatic carbocycles. The van der Waals surface area contributed by atoms with E-state index in [0.29, 0.717) is 65.9 Å². The van der Waals surface area contributed by atoms with E-state index in [1.807, 2.05) is 4.90 Å². The number of ether oxygens (including phenoxy) is 11. The van der Waals surface area contributed by atoms with Crippen molar-refractivity contribution in [2.75, 3.05) is 153 Å². The van der Waals surface area contributed by atoms with Gasteiger partial charge >= 0.3 is 24.1 Å². The lowest BCUT2D eigenvalue weighted by molar-refractivity contribution is -0.148. The maximum Gasteiger partial charge on any atom is 0.410 e. The molecular formula is C49H83N11O23. The third kappa shape index (κ3) is 28.3. The zero-order valence-electron chi connectivity index (χ0n) is 47.0. The highest BCUT2D eigenvalue weighted by molar-refractivity contribution is 5.86. The minimum absolute atomic E-state index is 0.00136. The number of carbonyl (C=O) groups excluding carboxylic acids is 4. The zero-order chi connectivity index (χ0) is 61.9. The molecule has 10 atom stereocenters. The Morgan fingerprint density at radius 3 is 1.19 bits per heavy atom. The molecule has 0 aromatic heterocycles. The van der Waals surface area contributed by atoms with Gasteiger partial charge in [-0.15, -0.1) is 6.42 Å². The van der Waals surface area contributed by atoms with Crippen LogP contribution >= 0.6 is 0 Å². The number of aliphatic hydroxyl groups excluding tert-OH is 4. The predicted molar refractivity (Wildman–Crippen MR) is 287 cm³/mol. The summed E-state index contributed by atoms with van der Waals surface area (Å²) in [6.07, 6.45) is -5.15. The lowest BCUT2D eigenvalue weighted by Crippen LogP contribution is -2.65. The van der Waals surface area contributed by atoms with E-state index in [4.69, 9.17) is 80.8 Å². The Morgan fingerprint density at radius 2 is 0.892 bits per heavy atom. The topological polar surface area (TPSA) is 483 Å². The number of terminal acetylenes is 1. The second kappa shape index (κ2) is 40.4. The molecule has 0 unspecified atom stereocenters. The third-order valence-electron chi connectivity index (χ3n) is 11.8. The zero-order valence-corrected chi connectivity index (χ0v) is 47.0. The normalized spacial score (nSPS) is 19.8. The summed E-state index contributed by atoms with van der Waals surface area (Å²) >= 11 is 0. The molecule has 2 aliphatic rings. The van der Waals surface area contributed by atoms with Gasteiger partial charge in [0.15, 0.2) is 36.3 Å². The molecule has 2 rings (SSSR count). The molecule has 83 heavy (non-hydrogen) atoms. The molecule has 0 radical (unpaired) electrons. The Labute approximate surface area is 479 Å². The first kappa shape index (κ1) is 72.2. The molecule has 2 aliphatic heterocycles. The number of aliphatic carboxylic acids is 2. The number of guanidine groups is 2. The van der Waals surface area contributed by atoms with E-state index >= 15 is 0 Å². The molecular weight excluding hydrogens is 1110 g/mol. The molecule has 0 spiro atoms. The smallest absolute Gasteiger partial charge is 0.410 e. The highest BCUT2D eigenvalue weighted by atomic mass is 16.6. The highest BCUT2D eigenvalue weighted by Crippen LogP contribution is 2.27. The van der Waals surface area contributed by atoms with Crippen molar-refractivity contribution in [3.63, 3.8) is 0 Å². The third-order valence-corrected chi connectivity index (χ3v) is 11.8. The average Bonchev–Trinajstić information content (AvgIpc) is 3.32. The van der Waals surface area contributed by atoms with Crippen LogP contribution in [0.1, 0.15) is 13.8 Å². The summed E-state index contributed by atoms with van der Waals surface area (Å²) in [5.41, 5.74) is 11.0. The van der Waals surface area contributed by atoms with Crippen LogP contribution in [0, 0.1) is 23.2 Å². The summed E-state index contributed by atoms with van der Waals surface area (Å²) in [4.78, 5) is 79.1. The molecule has 0 fully saturated rings. The first-order chi connectivity index (χ1) is 39.5. The fourth-order valence-electron chi connectivity index (χ4n) is 7.75. The van der Waals surface area contributed by atoms with E-state index in [1.54, 1.807) is 0 Å². The quantitative estimate of drug-likeness (QED) is 0.0117. The number of hydrogen-bond acceptors (Lipinski definition) is 24. The standard InChI is InChI=1S/C49H83N11O23/c1-6-12-73-18-22-78-24-25-79-23-21-77-17-11-60(9-15-74-13-7-58(4)48(71)82-40(34(65)28-61)42-38(54-30(2)63)32(56-46(50)51)26-36(80-42)44(67)68)10-16-76-20-19-75-14-8-59(5)49(72)83-41(35(66)29-62)43-39(55-31(3)64)33(57-47(52)53)27-37(81-43)45(69)70/h1,26-27,32-35,38-43,61-62,65-66H,7-25,28-29H2,2-5H3,(H,54,63)(H,55,64)(H,67,68)(H,69,70)(H4,50,51,56)(H4,52,53,57)/t32-,33-,34+,35+,38+,39+,40+,41+,42+,43+/m0/s1. The van der Waals surface area contributed by atoms with Crippen molar-refractivity contribution in [3.05, 3.63) is 23.7 Å². The summed E-state index contributed by atoms with van der Waals surface area (Å²) in [6, 6.07) is -4.86. The fourth-order valence-corrected chi connectivity index (χ4v) is 7.75. The molecule has 0 saturated heterocycles. The number of carboxylic acids is 2. The minimum Gasteiger partial charge on any atom is -0.477 e. The van der Waals surface area contributed by atoms with E-state index in [1.165, 1.54) is 14.1 Å². The first-order valence-electron chi connectivity index (χ1n) is 26.1. The van der Waals surface area contributed by atoms with Gasteiger partial charge in [-0.05, 0) is 12.2 Å². The second-order valence-electron chi connectivity index (χ2n) is 18.3. The van der Waals surface area contributed by atoms with E-state index in [-0.39, 0.29) is 59.3 Å². The van der Waals surface area contributed by atoms with E-state index in [2.05, 4.69) is 27.2 Å². The van der Waals surface area contributed by atoms with Crippen molar-refractivity contribution >= 4 is 47.9 Å². The molecule has 0 aliphatic carbocycles. The van der Waals surface area contributed by atoms with Crippen LogP contribution in [-0.2, 0) is 71.3 Å². The molecule has 2 heterocycles. The number of rotatable bonds is 42. The number of aliphatic hydroxyl groups is 4. The van der Waals surface area contributed by atoms with Crippen LogP contribution in [0.15, 0.2) is 23.7 Å². The van der Waals surface area contributed by atoms with Crippen LogP contribution < -0.4 is 32.7 Å². The largest absolute Gasteiger partial charge is 0.477 e. The lowest BCUT2D eigenvalue weighted by atomic mass is 9.91. The maximum absolute atomic E-state index is 13.4. The summed E-state index contributed by atoms with van der Waals surface area (Å²) in [5, 5.41) is 86.1. The van der Waals surface area contributed by atoms with Gasteiger partial charge in [0.1, 0.15) is 18.8 Å². The van der Waals surface area contributed by atoms with Crippen molar-refractivity contribution in [2.24, 2.45) is 11.5 Å². The van der Waals surface area contributed by atoms with Crippen LogP contribution in [0.5, 0.6) is 0 Å². The van der Waals surface area contributed by atoms with Gasteiger partial charge in [0, 0.05) is 60.7 Å². The summed E-state index contributed by atoms with van der Waals surface area (Å²) in [5.74, 6) is -4.50. The molecule has 34 heteroatoms. The Balaban J connectivity index is 1.97.